The van der Waals surface area contributed by atoms with Gasteiger partial charge < -0.3 is 5.32 Å². The third-order valence-electron chi connectivity index (χ3n) is 3.39. The second-order valence-corrected chi connectivity index (χ2v) is 7.23. The maximum absolute atomic E-state index is 12.4. The van der Waals surface area contributed by atoms with Gasteiger partial charge in [-0.1, -0.05) is 17.8 Å². The van der Waals surface area contributed by atoms with Crippen LogP contribution >= 0.6 is 23.5 Å². The number of thioether (sulfide) groups is 2. The zero-order valence-corrected chi connectivity index (χ0v) is 15.7. The molecule has 2 aromatic heterocycles. The minimum absolute atomic E-state index is 0.118. The summed E-state index contributed by atoms with van der Waals surface area (Å²) >= 11 is 2.09. The van der Waals surface area contributed by atoms with E-state index in [2.05, 4.69) is 20.3 Å². The minimum Gasteiger partial charge on any atom is -0.354 e. The molecule has 0 saturated carbocycles. The van der Waals surface area contributed by atoms with Crippen LogP contribution < -0.4 is 5.32 Å². The molecule has 8 nitrogen and oxygen atoms in total. The molecule has 3 amide bonds. The zero-order chi connectivity index (χ0) is 19.1. The summed E-state index contributed by atoms with van der Waals surface area (Å²) in [5, 5.41) is 2.85. The molecular formula is C17H15N5O3S2. The lowest BCUT2D eigenvalue weighted by molar-refractivity contribution is -0.123. The third kappa shape index (κ3) is 5.38. The Bertz CT molecular complexity index is 861. The fourth-order valence-corrected chi connectivity index (χ4v) is 3.65. The van der Waals surface area contributed by atoms with E-state index >= 15 is 0 Å². The molecular weight excluding hydrogens is 386 g/mol. The molecule has 27 heavy (non-hydrogen) atoms. The van der Waals surface area contributed by atoms with Crippen LogP contribution in [0.4, 0.5) is 4.79 Å². The molecule has 0 aromatic carbocycles. The van der Waals surface area contributed by atoms with Crippen LogP contribution in [0.25, 0.3) is 6.08 Å². The fourth-order valence-electron chi connectivity index (χ4n) is 2.15. The number of pyridine rings is 1. The Morgan fingerprint density at radius 2 is 2.04 bits per heavy atom. The van der Waals surface area contributed by atoms with Gasteiger partial charge in [0.15, 0.2) is 5.16 Å². The van der Waals surface area contributed by atoms with Gasteiger partial charge in [-0.2, -0.15) is 0 Å². The van der Waals surface area contributed by atoms with Crippen molar-refractivity contribution in [2.75, 3.05) is 18.8 Å². The lowest BCUT2D eigenvalue weighted by Gasteiger charge is -2.12. The van der Waals surface area contributed by atoms with E-state index in [1.807, 2.05) is 0 Å². The van der Waals surface area contributed by atoms with Crippen molar-refractivity contribution in [3.05, 3.63) is 53.5 Å². The normalized spacial score (nSPS) is 15.4. The number of nitrogens with zero attached hydrogens (tertiary/aromatic N) is 4. The quantitative estimate of drug-likeness (QED) is 0.425. The second-order valence-electron chi connectivity index (χ2n) is 5.29. The van der Waals surface area contributed by atoms with E-state index in [1.165, 1.54) is 11.8 Å². The number of carbonyl (C=O) groups excluding carboxylic acids is 3. The highest BCUT2D eigenvalue weighted by atomic mass is 32.2. The van der Waals surface area contributed by atoms with E-state index in [-0.39, 0.29) is 35.9 Å². The molecule has 3 heterocycles. The van der Waals surface area contributed by atoms with Gasteiger partial charge in [0.1, 0.15) is 0 Å². The van der Waals surface area contributed by atoms with Crippen LogP contribution in [0, 0.1) is 0 Å². The number of hydrogen-bond acceptors (Lipinski definition) is 8. The van der Waals surface area contributed by atoms with Crippen molar-refractivity contribution < 1.29 is 14.4 Å². The summed E-state index contributed by atoms with van der Waals surface area (Å²) in [5.41, 5.74) is 0.747. The molecule has 138 valence electrons. The highest BCUT2D eigenvalue weighted by Gasteiger charge is 2.34. The van der Waals surface area contributed by atoms with E-state index in [1.54, 1.807) is 49.1 Å². The van der Waals surface area contributed by atoms with Gasteiger partial charge >= 0.3 is 0 Å². The van der Waals surface area contributed by atoms with Crippen molar-refractivity contribution in [2.45, 2.75) is 5.16 Å². The van der Waals surface area contributed by atoms with Crippen LogP contribution in [0.5, 0.6) is 0 Å². The first-order valence-electron chi connectivity index (χ1n) is 7.95. The maximum Gasteiger partial charge on any atom is 0.293 e. The number of hydrogen-bond donors (Lipinski definition) is 1. The highest BCUT2D eigenvalue weighted by molar-refractivity contribution is 8.18. The number of nitrogens with one attached hydrogen (secondary N) is 1. The molecule has 10 heteroatoms. The maximum atomic E-state index is 12.4. The standard InChI is InChI=1S/C17H15N5O3S2/c23-14(11-26-16-20-5-2-6-21-16)19-7-8-22-15(24)13(27-17(22)25)9-12-3-1-4-18-10-12/h1-6,9-10H,7-8,11H2,(H,19,23)/b13-9+. The van der Waals surface area contributed by atoms with Crippen LogP contribution in [0.15, 0.2) is 53.0 Å². The van der Waals surface area contributed by atoms with E-state index in [9.17, 15) is 14.4 Å². The number of rotatable bonds is 7. The lowest BCUT2D eigenvalue weighted by Crippen LogP contribution is -2.37. The van der Waals surface area contributed by atoms with Crippen LogP contribution in [0.1, 0.15) is 5.56 Å². The summed E-state index contributed by atoms with van der Waals surface area (Å²) in [6, 6.07) is 5.25. The lowest BCUT2D eigenvalue weighted by atomic mass is 10.2. The molecule has 0 bridgehead atoms. The molecule has 1 saturated heterocycles. The van der Waals surface area contributed by atoms with E-state index < -0.39 is 0 Å². The highest BCUT2D eigenvalue weighted by Crippen LogP contribution is 2.31. The SMILES string of the molecule is O=C(CSc1ncccn1)NCCN1C(=O)S/C(=C/c2cccnc2)C1=O. The number of amides is 3. The van der Waals surface area contributed by atoms with Crippen LogP contribution in [0.3, 0.4) is 0 Å². The van der Waals surface area contributed by atoms with Crippen molar-refractivity contribution in [2.24, 2.45) is 0 Å². The molecule has 0 atom stereocenters. The van der Waals surface area contributed by atoms with Crippen LogP contribution in [-0.2, 0) is 9.59 Å². The van der Waals surface area contributed by atoms with Gasteiger partial charge in [-0.3, -0.25) is 24.3 Å². The summed E-state index contributed by atoms with van der Waals surface area (Å²) in [7, 11) is 0. The Balaban J connectivity index is 1.46. The Morgan fingerprint density at radius 1 is 1.22 bits per heavy atom. The fraction of sp³-hybridized carbons (Fsp3) is 0.176. The summed E-state index contributed by atoms with van der Waals surface area (Å²) in [4.78, 5) is 49.8. The largest absolute Gasteiger partial charge is 0.354 e. The molecule has 2 aromatic rings. The Morgan fingerprint density at radius 3 is 2.78 bits per heavy atom. The van der Waals surface area contributed by atoms with Gasteiger partial charge in [-0.25, -0.2) is 9.97 Å². The average Bonchev–Trinajstić information content (AvgIpc) is 2.95. The minimum atomic E-state index is -0.366. The van der Waals surface area contributed by atoms with Crippen molar-refractivity contribution in [3.8, 4) is 0 Å². The summed E-state index contributed by atoms with van der Waals surface area (Å²) in [5.74, 6) is -0.423. The van der Waals surface area contributed by atoms with Gasteiger partial charge in [-0.15, -0.1) is 0 Å². The molecule has 1 aliphatic rings. The third-order valence-corrected chi connectivity index (χ3v) is 5.17. The van der Waals surface area contributed by atoms with Crippen molar-refractivity contribution in [3.63, 3.8) is 0 Å². The van der Waals surface area contributed by atoms with E-state index in [0.29, 0.717) is 10.1 Å². The van der Waals surface area contributed by atoms with Crippen molar-refractivity contribution in [1.29, 1.82) is 0 Å². The number of carbonyl (C=O) groups is 3. The van der Waals surface area contributed by atoms with Gasteiger partial charge in [-0.05, 0) is 35.5 Å². The van der Waals surface area contributed by atoms with Gasteiger partial charge in [0.2, 0.25) is 5.91 Å². The molecule has 1 fully saturated rings. The Hall–Kier alpha value is -2.72. The molecule has 1 aliphatic heterocycles. The Kier molecular flexibility index (Phi) is 6.55. The van der Waals surface area contributed by atoms with Crippen molar-refractivity contribution >= 4 is 46.7 Å². The van der Waals surface area contributed by atoms with Gasteiger partial charge in [0, 0.05) is 37.9 Å². The molecule has 0 radical (unpaired) electrons. The van der Waals surface area contributed by atoms with E-state index in [4.69, 9.17) is 0 Å². The van der Waals surface area contributed by atoms with Crippen LogP contribution in [0.2, 0.25) is 0 Å². The predicted molar refractivity (Wildman–Crippen MR) is 103 cm³/mol. The second kappa shape index (κ2) is 9.28. The first kappa shape index (κ1) is 19.1. The van der Waals surface area contributed by atoms with Crippen molar-refractivity contribution in [1.82, 2.24) is 25.2 Å². The predicted octanol–water partition coefficient (Wildman–Crippen LogP) is 1.82. The summed E-state index contributed by atoms with van der Waals surface area (Å²) < 4.78 is 0. The summed E-state index contributed by atoms with van der Waals surface area (Å²) in [6.07, 6.45) is 8.08. The summed E-state index contributed by atoms with van der Waals surface area (Å²) in [6.45, 7) is 0.306. The topological polar surface area (TPSA) is 105 Å². The monoisotopic (exact) mass is 401 g/mol. The zero-order valence-electron chi connectivity index (χ0n) is 14.1. The number of aromatic nitrogens is 3. The van der Waals surface area contributed by atoms with Gasteiger partial charge in [0.05, 0.1) is 10.7 Å². The Labute approximate surface area is 163 Å². The molecule has 0 aliphatic carbocycles. The molecule has 3 rings (SSSR count). The average molecular weight is 401 g/mol. The molecule has 0 spiro atoms. The smallest absolute Gasteiger partial charge is 0.293 e. The molecule has 1 N–H and O–H groups in total. The van der Waals surface area contributed by atoms with Gasteiger partial charge in [0.25, 0.3) is 11.1 Å². The first-order chi connectivity index (χ1) is 13.1. The number of imide groups is 1. The first-order valence-corrected chi connectivity index (χ1v) is 9.75. The van der Waals surface area contributed by atoms with E-state index in [0.717, 1.165) is 22.2 Å². The molecule has 0 unspecified atom stereocenters. The van der Waals surface area contributed by atoms with Crippen LogP contribution in [-0.4, -0.2) is 55.7 Å².